The van der Waals surface area contributed by atoms with Crippen molar-refractivity contribution in [1.29, 1.82) is 0 Å². The normalized spacial score (nSPS) is 15.7. The summed E-state index contributed by atoms with van der Waals surface area (Å²) in [6.07, 6.45) is 3.89. The van der Waals surface area contributed by atoms with E-state index in [2.05, 4.69) is 23.8 Å². The van der Waals surface area contributed by atoms with Crippen LogP contribution in [0.2, 0.25) is 0 Å². The van der Waals surface area contributed by atoms with Crippen molar-refractivity contribution in [3.05, 3.63) is 17.7 Å². The zero-order valence-corrected chi connectivity index (χ0v) is 8.67. The molecular formula is C10H19N3. The number of aromatic nitrogens is 2. The second-order valence-corrected chi connectivity index (χ2v) is 3.78. The van der Waals surface area contributed by atoms with Crippen molar-refractivity contribution in [2.24, 2.45) is 5.73 Å². The van der Waals surface area contributed by atoms with Crippen molar-refractivity contribution < 1.29 is 0 Å². The molecule has 0 radical (unpaired) electrons. The van der Waals surface area contributed by atoms with Gasteiger partial charge in [-0.05, 0) is 19.3 Å². The lowest BCUT2D eigenvalue weighted by Gasteiger charge is -2.04. The van der Waals surface area contributed by atoms with Crippen LogP contribution in [0, 0.1) is 0 Å². The van der Waals surface area contributed by atoms with Crippen molar-refractivity contribution in [2.75, 3.05) is 0 Å². The van der Waals surface area contributed by atoms with Crippen LogP contribution >= 0.6 is 0 Å². The van der Waals surface area contributed by atoms with Crippen LogP contribution in [0.4, 0.5) is 0 Å². The SMILES string of the molecule is CCC(C)c1cnc(CC(C)N)[nH]1. The van der Waals surface area contributed by atoms with Crippen molar-refractivity contribution in [1.82, 2.24) is 9.97 Å². The highest BCUT2D eigenvalue weighted by Crippen LogP contribution is 2.15. The van der Waals surface area contributed by atoms with Crippen LogP contribution in [0.3, 0.4) is 0 Å². The first-order valence-corrected chi connectivity index (χ1v) is 4.92. The lowest BCUT2D eigenvalue weighted by Crippen LogP contribution is -2.18. The minimum atomic E-state index is 0.177. The van der Waals surface area contributed by atoms with Gasteiger partial charge in [0.15, 0.2) is 0 Å². The van der Waals surface area contributed by atoms with Crippen LogP contribution in [0.1, 0.15) is 44.6 Å². The molecule has 0 amide bonds. The molecule has 0 saturated carbocycles. The van der Waals surface area contributed by atoms with Crippen LogP contribution in [0.25, 0.3) is 0 Å². The molecule has 0 bridgehead atoms. The maximum Gasteiger partial charge on any atom is 0.107 e. The summed E-state index contributed by atoms with van der Waals surface area (Å²) in [5, 5.41) is 0. The van der Waals surface area contributed by atoms with E-state index in [4.69, 9.17) is 5.73 Å². The summed E-state index contributed by atoms with van der Waals surface area (Å²) in [6, 6.07) is 0.177. The predicted octanol–water partition coefficient (Wildman–Crippen LogP) is 1.81. The number of aromatic amines is 1. The van der Waals surface area contributed by atoms with Crippen LogP contribution < -0.4 is 5.73 Å². The number of H-pyrrole nitrogens is 1. The number of imidazole rings is 1. The van der Waals surface area contributed by atoms with Gasteiger partial charge in [0, 0.05) is 24.4 Å². The van der Waals surface area contributed by atoms with E-state index < -0.39 is 0 Å². The van der Waals surface area contributed by atoms with Gasteiger partial charge in [-0.2, -0.15) is 0 Å². The van der Waals surface area contributed by atoms with E-state index in [1.807, 2.05) is 13.1 Å². The summed E-state index contributed by atoms with van der Waals surface area (Å²) in [7, 11) is 0. The van der Waals surface area contributed by atoms with Gasteiger partial charge in [-0.25, -0.2) is 4.98 Å². The molecule has 1 aromatic heterocycles. The van der Waals surface area contributed by atoms with Gasteiger partial charge in [-0.1, -0.05) is 13.8 Å². The Kier molecular flexibility index (Phi) is 3.48. The molecule has 0 aliphatic rings. The molecule has 1 rings (SSSR count). The standard InChI is InChI=1S/C10H19N3/c1-4-7(2)9-6-12-10(13-9)5-8(3)11/h6-8H,4-5,11H2,1-3H3,(H,12,13). The Labute approximate surface area is 79.8 Å². The topological polar surface area (TPSA) is 54.7 Å². The van der Waals surface area contributed by atoms with Gasteiger partial charge in [0.25, 0.3) is 0 Å². The molecule has 0 spiro atoms. The van der Waals surface area contributed by atoms with Crippen LogP contribution in [-0.2, 0) is 6.42 Å². The van der Waals surface area contributed by atoms with E-state index in [1.54, 1.807) is 0 Å². The van der Waals surface area contributed by atoms with Gasteiger partial charge in [-0.3, -0.25) is 0 Å². The monoisotopic (exact) mass is 181 g/mol. The van der Waals surface area contributed by atoms with Crippen molar-refractivity contribution in [2.45, 2.75) is 45.6 Å². The van der Waals surface area contributed by atoms with E-state index in [0.29, 0.717) is 5.92 Å². The second-order valence-electron chi connectivity index (χ2n) is 3.78. The molecular weight excluding hydrogens is 162 g/mol. The largest absolute Gasteiger partial charge is 0.346 e. The molecule has 0 aliphatic carbocycles. The van der Waals surface area contributed by atoms with Gasteiger partial charge in [0.05, 0.1) is 0 Å². The zero-order chi connectivity index (χ0) is 9.84. The highest BCUT2D eigenvalue weighted by molar-refractivity contribution is 5.06. The molecule has 0 aliphatic heterocycles. The first kappa shape index (κ1) is 10.3. The molecule has 74 valence electrons. The minimum absolute atomic E-state index is 0.177. The van der Waals surface area contributed by atoms with E-state index >= 15 is 0 Å². The molecule has 3 heteroatoms. The van der Waals surface area contributed by atoms with Crippen molar-refractivity contribution in [3.8, 4) is 0 Å². The fraction of sp³-hybridized carbons (Fsp3) is 0.700. The number of hydrogen-bond acceptors (Lipinski definition) is 2. The lowest BCUT2D eigenvalue weighted by atomic mass is 10.1. The average Bonchev–Trinajstić information content (AvgIpc) is 2.50. The van der Waals surface area contributed by atoms with Gasteiger partial charge < -0.3 is 10.7 Å². The quantitative estimate of drug-likeness (QED) is 0.744. The molecule has 2 atom stereocenters. The number of hydrogen-bond donors (Lipinski definition) is 2. The third-order valence-corrected chi connectivity index (χ3v) is 2.31. The third kappa shape index (κ3) is 2.84. The fourth-order valence-electron chi connectivity index (χ4n) is 1.26. The summed E-state index contributed by atoms with van der Waals surface area (Å²) in [4.78, 5) is 7.59. The summed E-state index contributed by atoms with van der Waals surface area (Å²) in [6.45, 7) is 6.37. The lowest BCUT2D eigenvalue weighted by molar-refractivity contribution is 0.688. The van der Waals surface area contributed by atoms with Gasteiger partial charge in [0.1, 0.15) is 5.82 Å². The molecule has 0 saturated heterocycles. The molecule has 0 aromatic carbocycles. The molecule has 1 aromatic rings. The Morgan fingerprint density at radius 2 is 2.23 bits per heavy atom. The first-order chi connectivity index (χ1) is 6.13. The number of nitrogens with zero attached hydrogens (tertiary/aromatic N) is 1. The van der Waals surface area contributed by atoms with Gasteiger partial charge in [-0.15, -0.1) is 0 Å². The Balaban J connectivity index is 2.63. The summed E-state index contributed by atoms with van der Waals surface area (Å²) in [5.74, 6) is 1.57. The van der Waals surface area contributed by atoms with Crippen LogP contribution in [-0.4, -0.2) is 16.0 Å². The smallest absolute Gasteiger partial charge is 0.107 e. The number of nitrogens with one attached hydrogen (secondary N) is 1. The van der Waals surface area contributed by atoms with Crippen LogP contribution in [0.5, 0.6) is 0 Å². The maximum atomic E-state index is 5.68. The summed E-state index contributed by atoms with van der Waals surface area (Å²) >= 11 is 0. The molecule has 1 heterocycles. The summed E-state index contributed by atoms with van der Waals surface area (Å²) in [5.41, 5.74) is 6.90. The highest BCUT2D eigenvalue weighted by atomic mass is 14.9. The first-order valence-electron chi connectivity index (χ1n) is 4.92. The maximum absolute atomic E-state index is 5.68. The predicted molar refractivity (Wildman–Crippen MR) is 54.6 cm³/mol. The van der Waals surface area contributed by atoms with E-state index in [-0.39, 0.29) is 6.04 Å². The Hall–Kier alpha value is -0.830. The average molecular weight is 181 g/mol. The zero-order valence-electron chi connectivity index (χ0n) is 8.67. The van der Waals surface area contributed by atoms with Crippen molar-refractivity contribution in [3.63, 3.8) is 0 Å². The van der Waals surface area contributed by atoms with Gasteiger partial charge in [0.2, 0.25) is 0 Å². The van der Waals surface area contributed by atoms with E-state index in [0.717, 1.165) is 18.7 Å². The molecule has 3 nitrogen and oxygen atoms in total. The van der Waals surface area contributed by atoms with E-state index in [1.165, 1.54) is 5.69 Å². The molecule has 0 fully saturated rings. The highest BCUT2D eigenvalue weighted by Gasteiger charge is 2.07. The van der Waals surface area contributed by atoms with Gasteiger partial charge >= 0.3 is 0 Å². The van der Waals surface area contributed by atoms with Crippen molar-refractivity contribution >= 4 is 0 Å². The Morgan fingerprint density at radius 3 is 2.77 bits per heavy atom. The van der Waals surface area contributed by atoms with E-state index in [9.17, 15) is 0 Å². The summed E-state index contributed by atoms with van der Waals surface area (Å²) < 4.78 is 0. The third-order valence-electron chi connectivity index (χ3n) is 2.31. The number of rotatable bonds is 4. The molecule has 3 N–H and O–H groups in total. The number of nitrogens with two attached hydrogens (primary N) is 1. The Morgan fingerprint density at radius 1 is 1.54 bits per heavy atom. The molecule has 13 heavy (non-hydrogen) atoms. The fourth-order valence-corrected chi connectivity index (χ4v) is 1.26. The van der Waals surface area contributed by atoms with Crippen LogP contribution in [0.15, 0.2) is 6.20 Å². The second kappa shape index (κ2) is 4.42. The molecule has 2 unspecified atom stereocenters. The minimum Gasteiger partial charge on any atom is -0.346 e. The Bertz CT molecular complexity index is 252.